The molecule has 2 aromatic heterocycles. The van der Waals surface area contributed by atoms with Crippen molar-refractivity contribution < 1.29 is 21.7 Å². The minimum Gasteiger partial charge on any atom is -1.00 e. The van der Waals surface area contributed by atoms with E-state index in [1.807, 2.05) is 28.3 Å². The highest BCUT2D eigenvalue weighted by Crippen LogP contribution is 2.16. The lowest BCUT2D eigenvalue weighted by Crippen LogP contribution is -3.00. The summed E-state index contributed by atoms with van der Waals surface area (Å²) in [7, 11) is 0. The van der Waals surface area contributed by atoms with Crippen molar-refractivity contribution in [3.63, 3.8) is 0 Å². The van der Waals surface area contributed by atoms with Crippen LogP contribution in [0.4, 0.5) is 0 Å². The molecule has 3 rings (SSSR count). The zero-order chi connectivity index (χ0) is 11.7. The number of benzene rings is 1. The largest absolute Gasteiger partial charge is 1.00 e. The molecular weight excluding hydrogens is 314 g/mol. The number of halogens is 1. The van der Waals surface area contributed by atoms with Crippen LogP contribution in [0.1, 0.15) is 5.56 Å². The normalized spacial score (nSPS) is 10.1. The summed E-state index contributed by atoms with van der Waals surface area (Å²) in [5.74, 6) is 0.731. The van der Waals surface area contributed by atoms with Crippen LogP contribution in [0.15, 0.2) is 35.8 Å². The lowest BCUT2D eigenvalue weighted by atomic mass is 10.2. The Morgan fingerprint density at radius 3 is 2.83 bits per heavy atom. The number of aromatic nitrogens is 5. The molecule has 1 aromatic carbocycles. The number of aryl methyl sites for hydroxylation is 1. The van der Waals surface area contributed by atoms with E-state index in [2.05, 4.69) is 33.5 Å². The fourth-order valence-electron chi connectivity index (χ4n) is 1.66. The van der Waals surface area contributed by atoms with E-state index < -0.39 is 0 Å². The molecular formula is C11H10BrN5S. The van der Waals surface area contributed by atoms with E-state index in [0.717, 1.165) is 22.1 Å². The summed E-state index contributed by atoms with van der Waals surface area (Å²) in [4.78, 5) is 4.25. The Bertz CT molecular complexity index is 634. The number of aromatic amines is 1. The number of para-hydroxylation sites is 1. The molecule has 0 atom stereocenters. The maximum absolute atomic E-state index is 4.25. The molecule has 92 valence electrons. The highest BCUT2D eigenvalue weighted by atomic mass is 79.9. The zero-order valence-corrected chi connectivity index (χ0v) is 11.9. The van der Waals surface area contributed by atoms with Crippen molar-refractivity contribution >= 4 is 11.3 Å². The Labute approximate surface area is 118 Å². The summed E-state index contributed by atoms with van der Waals surface area (Å²) >= 11 is 1.54. The average molecular weight is 324 g/mol. The lowest BCUT2D eigenvalue weighted by Gasteiger charge is -2.00. The minimum absolute atomic E-state index is 0. The topological polar surface area (TPSA) is 58.3 Å². The molecule has 7 heteroatoms. The maximum Gasteiger partial charge on any atom is 0.366 e. The predicted octanol–water partition coefficient (Wildman–Crippen LogP) is -1.48. The van der Waals surface area contributed by atoms with Crippen molar-refractivity contribution in [2.45, 2.75) is 6.92 Å². The van der Waals surface area contributed by atoms with Gasteiger partial charge in [0.15, 0.2) is 10.2 Å². The van der Waals surface area contributed by atoms with Gasteiger partial charge in [-0.15, -0.1) is 16.0 Å². The van der Waals surface area contributed by atoms with Crippen LogP contribution in [0.5, 0.6) is 0 Å². The summed E-state index contributed by atoms with van der Waals surface area (Å²) in [6, 6.07) is 8.06. The van der Waals surface area contributed by atoms with Crippen LogP contribution in [0.2, 0.25) is 0 Å². The van der Waals surface area contributed by atoms with E-state index in [1.54, 1.807) is 17.5 Å². The molecule has 3 aromatic rings. The first kappa shape index (κ1) is 12.8. The number of hydrogen-bond donors (Lipinski definition) is 1. The summed E-state index contributed by atoms with van der Waals surface area (Å²) < 4.78 is 1.84. The minimum atomic E-state index is 0. The molecule has 0 spiro atoms. The van der Waals surface area contributed by atoms with Gasteiger partial charge in [-0.3, -0.25) is 0 Å². The summed E-state index contributed by atoms with van der Waals surface area (Å²) in [6.45, 7) is 2.05. The second kappa shape index (κ2) is 5.36. The van der Waals surface area contributed by atoms with Gasteiger partial charge in [-0.1, -0.05) is 23.4 Å². The molecule has 18 heavy (non-hydrogen) atoms. The van der Waals surface area contributed by atoms with Crippen LogP contribution in [0, 0.1) is 6.92 Å². The Morgan fingerprint density at radius 1 is 1.28 bits per heavy atom. The molecule has 0 fully saturated rings. The molecule has 0 saturated carbocycles. The number of H-pyrrole nitrogens is 1. The second-order valence-electron chi connectivity index (χ2n) is 3.58. The van der Waals surface area contributed by atoms with Crippen molar-refractivity contribution in [3.8, 4) is 16.5 Å². The number of thiazole rings is 1. The Balaban J connectivity index is 0.00000120. The Kier molecular flexibility index (Phi) is 3.83. The second-order valence-corrected chi connectivity index (χ2v) is 4.48. The SMILES string of the molecule is Cc1ccccc1-[n+]1[nH]nnc1-c1nccs1.[Br-]. The van der Waals surface area contributed by atoms with E-state index in [9.17, 15) is 0 Å². The molecule has 2 heterocycles. The number of hydrogen-bond acceptors (Lipinski definition) is 4. The van der Waals surface area contributed by atoms with Crippen LogP contribution in [-0.2, 0) is 0 Å². The third-order valence-electron chi connectivity index (χ3n) is 2.48. The standard InChI is InChI=1S/C11H9N5S.BrH/c1-8-4-2-3-5-9(8)16-10(13-14-15-16)11-12-6-7-17-11;/h2-7H,1H3;1H. The first-order valence-electron chi connectivity index (χ1n) is 5.15. The smallest absolute Gasteiger partial charge is 0.366 e. The van der Waals surface area contributed by atoms with Crippen LogP contribution in [0.3, 0.4) is 0 Å². The highest BCUT2D eigenvalue weighted by molar-refractivity contribution is 7.12. The van der Waals surface area contributed by atoms with E-state index in [0.29, 0.717) is 0 Å². The van der Waals surface area contributed by atoms with Crippen molar-refractivity contribution in [2.24, 2.45) is 0 Å². The monoisotopic (exact) mass is 323 g/mol. The van der Waals surface area contributed by atoms with Gasteiger partial charge in [-0.2, -0.15) is 0 Å². The molecule has 0 amide bonds. The molecule has 0 aliphatic heterocycles. The summed E-state index contributed by atoms with van der Waals surface area (Å²) in [6.07, 6.45) is 1.76. The van der Waals surface area contributed by atoms with Crippen molar-refractivity contribution in [1.82, 2.24) is 20.5 Å². The van der Waals surface area contributed by atoms with Gasteiger partial charge in [0.25, 0.3) is 0 Å². The van der Waals surface area contributed by atoms with Gasteiger partial charge in [0.1, 0.15) is 10.8 Å². The van der Waals surface area contributed by atoms with E-state index in [-0.39, 0.29) is 17.0 Å². The van der Waals surface area contributed by atoms with E-state index >= 15 is 0 Å². The molecule has 0 saturated heterocycles. The third kappa shape index (κ3) is 2.19. The van der Waals surface area contributed by atoms with E-state index in [4.69, 9.17) is 0 Å². The average Bonchev–Trinajstić information content (AvgIpc) is 3.00. The maximum atomic E-state index is 4.25. The van der Waals surface area contributed by atoms with Crippen LogP contribution in [-0.4, -0.2) is 20.5 Å². The van der Waals surface area contributed by atoms with Gasteiger partial charge in [-0.25, -0.2) is 4.98 Å². The van der Waals surface area contributed by atoms with Crippen molar-refractivity contribution in [1.29, 1.82) is 0 Å². The van der Waals surface area contributed by atoms with Gasteiger partial charge in [0, 0.05) is 11.6 Å². The Hall–Kier alpha value is -1.60. The number of nitrogens with zero attached hydrogens (tertiary/aromatic N) is 4. The fraction of sp³-hybridized carbons (Fsp3) is 0.0909. The van der Waals surface area contributed by atoms with Gasteiger partial charge < -0.3 is 17.0 Å². The summed E-state index contributed by atoms with van der Waals surface area (Å²) in [5, 5.41) is 13.6. The molecule has 0 aliphatic rings. The molecule has 0 aliphatic carbocycles. The van der Waals surface area contributed by atoms with Crippen LogP contribution in [0.25, 0.3) is 16.5 Å². The number of nitrogens with one attached hydrogen (secondary N) is 1. The molecule has 0 unspecified atom stereocenters. The van der Waals surface area contributed by atoms with Crippen molar-refractivity contribution in [3.05, 3.63) is 41.4 Å². The fourth-order valence-corrected chi connectivity index (χ4v) is 2.27. The zero-order valence-electron chi connectivity index (χ0n) is 9.54. The van der Waals surface area contributed by atoms with Gasteiger partial charge >= 0.3 is 5.82 Å². The van der Waals surface area contributed by atoms with Gasteiger partial charge in [0.2, 0.25) is 0 Å². The Morgan fingerprint density at radius 2 is 2.11 bits per heavy atom. The molecule has 5 nitrogen and oxygen atoms in total. The van der Waals surface area contributed by atoms with Gasteiger partial charge in [0.05, 0.1) is 0 Å². The molecule has 1 N–H and O–H groups in total. The highest BCUT2D eigenvalue weighted by Gasteiger charge is 2.21. The molecule has 0 radical (unpaired) electrons. The van der Waals surface area contributed by atoms with Crippen LogP contribution >= 0.6 is 11.3 Å². The predicted molar refractivity (Wildman–Crippen MR) is 63.8 cm³/mol. The first-order chi connectivity index (χ1) is 8.36. The summed E-state index contributed by atoms with van der Waals surface area (Å²) in [5.41, 5.74) is 2.18. The van der Waals surface area contributed by atoms with E-state index in [1.165, 1.54) is 0 Å². The van der Waals surface area contributed by atoms with Crippen molar-refractivity contribution in [2.75, 3.05) is 0 Å². The van der Waals surface area contributed by atoms with Gasteiger partial charge in [-0.05, 0) is 18.6 Å². The van der Waals surface area contributed by atoms with Crippen LogP contribution < -0.4 is 21.7 Å². The lowest BCUT2D eigenvalue weighted by molar-refractivity contribution is -0.650. The molecule has 0 bridgehead atoms. The quantitative estimate of drug-likeness (QED) is 0.585. The number of tetrazole rings is 1. The third-order valence-corrected chi connectivity index (χ3v) is 3.25. The first-order valence-corrected chi connectivity index (χ1v) is 6.03. The number of rotatable bonds is 2.